The van der Waals surface area contributed by atoms with Crippen molar-refractivity contribution < 1.29 is 9.32 Å². The average Bonchev–Trinajstić information content (AvgIpc) is 3.35. The number of nitrogens with zero attached hydrogens (tertiary/aromatic N) is 3. The van der Waals surface area contributed by atoms with Gasteiger partial charge < -0.3 is 4.52 Å². The van der Waals surface area contributed by atoms with E-state index >= 15 is 0 Å². The van der Waals surface area contributed by atoms with Crippen molar-refractivity contribution in [1.82, 2.24) is 10.1 Å². The standard InChI is InChI=1S/C22H15ClN4O2S/c1-13-19(20(27-29-13)17-4-2-3-5-18(17)23)21(28)26-22-25-12-16(30-22)10-14-6-8-15(11-24)9-7-14/h2-9,12H,10H2,1H3,(H,25,26,28). The van der Waals surface area contributed by atoms with E-state index in [0.29, 0.717) is 44.7 Å². The van der Waals surface area contributed by atoms with Crippen molar-refractivity contribution in [3.05, 3.63) is 87.1 Å². The molecule has 0 bridgehead atoms. The number of halogens is 1. The maximum Gasteiger partial charge on any atom is 0.263 e. The van der Waals surface area contributed by atoms with Gasteiger partial charge in [0.1, 0.15) is 17.0 Å². The molecule has 0 aliphatic carbocycles. The van der Waals surface area contributed by atoms with Crippen LogP contribution in [0.5, 0.6) is 0 Å². The van der Waals surface area contributed by atoms with E-state index in [1.807, 2.05) is 24.3 Å². The first-order valence-corrected chi connectivity index (χ1v) is 10.2. The fourth-order valence-electron chi connectivity index (χ4n) is 2.98. The van der Waals surface area contributed by atoms with Gasteiger partial charge in [-0.2, -0.15) is 5.26 Å². The molecular formula is C22H15ClN4O2S. The molecule has 2 aromatic heterocycles. The van der Waals surface area contributed by atoms with Crippen LogP contribution in [0.15, 0.2) is 59.3 Å². The molecule has 6 nitrogen and oxygen atoms in total. The van der Waals surface area contributed by atoms with Gasteiger partial charge in [0.2, 0.25) is 0 Å². The average molecular weight is 435 g/mol. The van der Waals surface area contributed by atoms with Crippen LogP contribution in [0.25, 0.3) is 11.3 Å². The molecule has 1 amide bonds. The van der Waals surface area contributed by atoms with E-state index in [2.05, 4.69) is 21.5 Å². The number of nitrogens with one attached hydrogen (secondary N) is 1. The summed E-state index contributed by atoms with van der Waals surface area (Å²) in [6, 6.07) is 16.6. The Bertz CT molecular complexity index is 1250. The van der Waals surface area contributed by atoms with Gasteiger partial charge in [0.05, 0.1) is 16.7 Å². The summed E-state index contributed by atoms with van der Waals surface area (Å²) in [7, 11) is 0. The second-order valence-electron chi connectivity index (χ2n) is 6.51. The SMILES string of the molecule is Cc1onc(-c2ccccc2Cl)c1C(=O)Nc1ncc(Cc2ccc(C#N)cc2)s1. The molecule has 4 aromatic rings. The Kier molecular flexibility index (Phi) is 5.61. The molecule has 0 aliphatic heterocycles. The maximum absolute atomic E-state index is 12.9. The van der Waals surface area contributed by atoms with Crippen LogP contribution in [0, 0.1) is 18.3 Å². The maximum atomic E-state index is 12.9. The highest BCUT2D eigenvalue weighted by Crippen LogP contribution is 2.32. The van der Waals surface area contributed by atoms with Gasteiger partial charge in [-0.15, -0.1) is 11.3 Å². The lowest BCUT2D eigenvalue weighted by atomic mass is 10.1. The molecule has 0 unspecified atom stereocenters. The largest absolute Gasteiger partial charge is 0.360 e. The topological polar surface area (TPSA) is 91.8 Å². The third-order valence-corrected chi connectivity index (χ3v) is 5.70. The number of amides is 1. The highest BCUT2D eigenvalue weighted by Gasteiger charge is 2.23. The Balaban J connectivity index is 1.52. The first-order chi connectivity index (χ1) is 14.5. The van der Waals surface area contributed by atoms with Gasteiger partial charge in [-0.25, -0.2) is 4.98 Å². The van der Waals surface area contributed by atoms with E-state index in [-0.39, 0.29) is 5.91 Å². The van der Waals surface area contributed by atoms with Gasteiger partial charge in [0, 0.05) is 23.1 Å². The number of aryl methyl sites for hydroxylation is 1. The van der Waals surface area contributed by atoms with E-state index in [4.69, 9.17) is 21.4 Å². The summed E-state index contributed by atoms with van der Waals surface area (Å²) in [5.74, 6) is 0.0414. The second kappa shape index (κ2) is 8.49. The molecule has 30 heavy (non-hydrogen) atoms. The van der Waals surface area contributed by atoms with Crippen LogP contribution in [0.1, 0.15) is 32.1 Å². The number of hydrogen-bond donors (Lipinski definition) is 1. The molecule has 0 atom stereocenters. The van der Waals surface area contributed by atoms with E-state index in [1.165, 1.54) is 11.3 Å². The van der Waals surface area contributed by atoms with Crippen LogP contribution in [0.2, 0.25) is 5.02 Å². The number of benzene rings is 2. The molecule has 0 saturated carbocycles. The first-order valence-electron chi connectivity index (χ1n) is 9.01. The quantitative estimate of drug-likeness (QED) is 0.449. The summed E-state index contributed by atoms with van der Waals surface area (Å²) >= 11 is 7.65. The molecule has 0 fully saturated rings. The molecule has 4 rings (SSSR count). The van der Waals surface area contributed by atoms with Gasteiger partial charge in [-0.1, -0.05) is 47.1 Å². The Hall–Kier alpha value is -3.47. The number of carbonyl (C=O) groups is 1. The Morgan fingerprint density at radius 1 is 1.23 bits per heavy atom. The van der Waals surface area contributed by atoms with Crippen LogP contribution in [-0.4, -0.2) is 16.0 Å². The van der Waals surface area contributed by atoms with Gasteiger partial charge in [0.25, 0.3) is 5.91 Å². The first kappa shape index (κ1) is 19.8. The monoisotopic (exact) mass is 434 g/mol. The number of thiazole rings is 1. The fourth-order valence-corrected chi connectivity index (χ4v) is 4.05. The highest BCUT2D eigenvalue weighted by atomic mass is 35.5. The summed E-state index contributed by atoms with van der Waals surface area (Å²) in [6.45, 7) is 1.68. The summed E-state index contributed by atoms with van der Waals surface area (Å²) < 4.78 is 5.26. The van der Waals surface area contributed by atoms with Gasteiger partial charge in [-0.05, 0) is 30.7 Å². The van der Waals surface area contributed by atoms with Crippen LogP contribution in [0.3, 0.4) is 0 Å². The lowest BCUT2D eigenvalue weighted by Gasteiger charge is -2.04. The predicted molar refractivity (Wildman–Crippen MR) is 116 cm³/mol. The highest BCUT2D eigenvalue weighted by molar-refractivity contribution is 7.15. The lowest BCUT2D eigenvalue weighted by Crippen LogP contribution is -2.13. The summed E-state index contributed by atoms with van der Waals surface area (Å²) in [5.41, 5.74) is 3.03. The zero-order valence-electron chi connectivity index (χ0n) is 15.8. The smallest absolute Gasteiger partial charge is 0.263 e. The predicted octanol–water partition coefficient (Wildman–Crippen LogP) is 5.47. The molecule has 0 saturated heterocycles. The van der Waals surface area contributed by atoms with E-state index < -0.39 is 0 Å². The van der Waals surface area contributed by atoms with Gasteiger partial charge in [-0.3, -0.25) is 10.1 Å². The van der Waals surface area contributed by atoms with Gasteiger partial charge >= 0.3 is 0 Å². The summed E-state index contributed by atoms with van der Waals surface area (Å²) in [4.78, 5) is 18.2. The zero-order valence-corrected chi connectivity index (χ0v) is 17.4. The fraction of sp³-hybridized carbons (Fsp3) is 0.0909. The molecule has 2 aromatic carbocycles. The molecule has 0 spiro atoms. The molecule has 2 heterocycles. The minimum absolute atomic E-state index is 0.326. The van der Waals surface area contributed by atoms with Crippen LogP contribution in [0.4, 0.5) is 5.13 Å². The van der Waals surface area contributed by atoms with Crippen LogP contribution < -0.4 is 5.32 Å². The van der Waals surface area contributed by atoms with Crippen molar-refractivity contribution in [2.75, 3.05) is 5.32 Å². The normalized spacial score (nSPS) is 10.6. The lowest BCUT2D eigenvalue weighted by molar-refractivity contribution is 0.102. The van der Waals surface area contributed by atoms with E-state index in [0.717, 1.165) is 10.4 Å². The minimum atomic E-state index is -0.358. The third kappa shape index (κ3) is 4.10. The van der Waals surface area contributed by atoms with Gasteiger partial charge in [0.15, 0.2) is 5.13 Å². The molecule has 148 valence electrons. The zero-order chi connectivity index (χ0) is 21.1. The number of rotatable bonds is 5. The number of anilines is 1. The Morgan fingerprint density at radius 2 is 2.00 bits per heavy atom. The molecule has 8 heteroatoms. The van der Waals surface area contributed by atoms with Crippen molar-refractivity contribution in [2.45, 2.75) is 13.3 Å². The Labute approximate surface area is 181 Å². The van der Waals surface area contributed by atoms with E-state index in [9.17, 15) is 4.79 Å². The summed E-state index contributed by atoms with van der Waals surface area (Å²) in [5, 5.41) is 16.7. The third-order valence-electron chi connectivity index (χ3n) is 4.45. The van der Waals surface area contributed by atoms with E-state index in [1.54, 1.807) is 37.4 Å². The molecule has 0 radical (unpaired) electrons. The van der Waals surface area contributed by atoms with Crippen LogP contribution in [-0.2, 0) is 6.42 Å². The molecule has 1 N–H and O–H groups in total. The summed E-state index contributed by atoms with van der Waals surface area (Å²) in [6.07, 6.45) is 2.39. The van der Waals surface area contributed by atoms with Crippen molar-refractivity contribution >= 4 is 34.0 Å². The van der Waals surface area contributed by atoms with Crippen molar-refractivity contribution in [2.24, 2.45) is 0 Å². The van der Waals surface area contributed by atoms with Crippen molar-refractivity contribution in [1.29, 1.82) is 5.26 Å². The van der Waals surface area contributed by atoms with Crippen molar-refractivity contribution in [3.63, 3.8) is 0 Å². The number of hydrogen-bond acceptors (Lipinski definition) is 6. The molecular weight excluding hydrogens is 420 g/mol. The number of aromatic nitrogens is 2. The van der Waals surface area contributed by atoms with Crippen molar-refractivity contribution in [3.8, 4) is 17.3 Å². The number of nitriles is 1. The minimum Gasteiger partial charge on any atom is -0.360 e. The molecule has 0 aliphatic rings. The Morgan fingerprint density at radius 3 is 2.73 bits per heavy atom. The second-order valence-corrected chi connectivity index (χ2v) is 8.04. The number of carbonyl (C=O) groups excluding carboxylic acids is 1. The van der Waals surface area contributed by atoms with Crippen LogP contribution >= 0.6 is 22.9 Å².